The van der Waals surface area contributed by atoms with Crippen LogP contribution >= 0.6 is 0 Å². The number of benzene rings is 2. The molecule has 9 unspecified atom stereocenters. The summed E-state index contributed by atoms with van der Waals surface area (Å²) >= 11 is 0. The molecule has 3 aromatic rings. The number of sulfonamides is 1. The minimum Gasteiger partial charge on any atom is -0.497 e. The van der Waals surface area contributed by atoms with Crippen molar-refractivity contribution < 1.29 is 46.2 Å². The molecule has 2 aromatic carbocycles. The van der Waals surface area contributed by atoms with Gasteiger partial charge in [-0.15, -0.1) is 0 Å². The molecule has 5 fully saturated rings. The van der Waals surface area contributed by atoms with Gasteiger partial charge < -0.3 is 29.7 Å². The van der Waals surface area contributed by atoms with E-state index >= 15 is 4.79 Å². The SMILES string of the molecule is COc1ccc2c(OC3CC4C(=O)NC5(C(=O)NS(=O)(=O)C6(C)CC6)CC5C=CCCC(C)CC(C)C(NC(=O)OC5CC6C(C)C6C5)C(=O)N4C3)nc(-c3ccc(F)cc3)cc2c1. The van der Waals surface area contributed by atoms with E-state index in [1.165, 1.54) is 17.0 Å². The van der Waals surface area contributed by atoms with E-state index in [9.17, 15) is 27.2 Å². The lowest BCUT2D eigenvalue weighted by molar-refractivity contribution is -0.142. The Balaban J connectivity index is 1.05. The number of nitrogens with zero attached hydrogens (tertiary/aromatic N) is 2. The van der Waals surface area contributed by atoms with Crippen molar-refractivity contribution in [2.75, 3.05) is 13.7 Å². The summed E-state index contributed by atoms with van der Waals surface area (Å²) in [6, 6.07) is 10.9. The summed E-state index contributed by atoms with van der Waals surface area (Å²) in [6.45, 7) is 7.73. The zero-order valence-electron chi connectivity index (χ0n) is 37.0. The van der Waals surface area contributed by atoms with Crippen LogP contribution in [0.4, 0.5) is 9.18 Å². The molecule has 4 saturated carbocycles. The third-order valence-corrected chi connectivity index (χ3v) is 17.2. The number of allylic oxidation sites excluding steroid dienone is 1. The Hall–Kier alpha value is -5.25. The van der Waals surface area contributed by atoms with Crippen LogP contribution in [0.3, 0.4) is 0 Å². The van der Waals surface area contributed by atoms with Gasteiger partial charge in [0.15, 0.2) is 0 Å². The molecule has 0 bridgehead atoms. The third kappa shape index (κ3) is 8.54. The van der Waals surface area contributed by atoms with Gasteiger partial charge in [-0.1, -0.05) is 32.9 Å². The number of amides is 4. The van der Waals surface area contributed by atoms with Crippen LogP contribution in [0.25, 0.3) is 22.0 Å². The molecule has 342 valence electrons. The Morgan fingerprint density at radius 2 is 1.70 bits per heavy atom. The molecular weight excluding hydrogens is 842 g/mol. The zero-order chi connectivity index (χ0) is 45.3. The van der Waals surface area contributed by atoms with Crippen molar-refractivity contribution in [1.82, 2.24) is 25.2 Å². The van der Waals surface area contributed by atoms with E-state index in [1.54, 1.807) is 38.3 Å². The standard InChI is InChI=1S/C48H58FN5O9S/c1-26-8-6-7-9-31-24-48(31,45(57)53-64(59,60)47(4)16-17-47)52-42(55)40-23-35(25-54(40)44(56)41(27(2)18-26)51-46(58)63-34-21-37-28(3)38(37)22-34)62-43-36-15-14-33(61-5)19-30(36)20-39(50-43)29-10-12-32(49)13-11-29/h7,9-15,19-20,26-28,31,34-35,37-38,40-41H,6,8,16-18,21-25H2,1-5H3,(H,51,58)(H,52,55)(H,53,57). The van der Waals surface area contributed by atoms with Crippen molar-refractivity contribution in [1.29, 1.82) is 0 Å². The fourth-order valence-electron chi connectivity index (χ4n) is 10.5. The van der Waals surface area contributed by atoms with Crippen LogP contribution in [0.1, 0.15) is 85.5 Å². The molecular formula is C48H58FN5O9S. The Labute approximate surface area is 373 Å². The molecule has 0 spiro atoms. The maximum Gasteiger partial charge on any atom is 0.408 e. The third-order valence-electron chi connectivity index (χ3n) is 15.0. The summed E-state index contributed by atoms with van der Waals surface area (Å²) in [7, 11) is -2.48. The van der Waals surface area contributed by atoms with E-state index in [0.717, 1.165) is 24.6 Å². The van der Waals surface area contributed by atoms with Crippen molar-refractivity contribution in [3.8, 4) is 22.9 Å². The number of ether oxygens (including phenoxy) is 3. The number of aromatic nitrogens is 1. The second kappa shape index (κ2) is 16.6. The monoisotopic (exact) mass is 899 g/mol. The molecule has 14 nitrogen and oxygen atoms in total. The van der Waals surface area contributed by atoms with Crippen molar-refractivity contribution in [3.05, 3.63) is 66.5 Å². The number of methoxy groups -OCH3 is 1. The van der Waals surface area contributed by atoms with E-state index < -0.39 is 74.0 Å². The molecule has 4 aliphatic carbocycles. The molecule has 2 aliphatic heterocycles. The summed E-state index contributed by atoms with van der Waals surface area (Å²) in [5.74, 6) is -0.558. The lowest BCUT2D eigenvalue weighted by Gasteiger charge is -2.33. The van der Waals surface area contributed by atoms with Crippen molar-refractivity contribution in [2.45, 2.75) is 120 Å². The zero-order valence-corrected chi connectivity index (χ0v) is 37.8. The molecule has 16 heteroatoms. The summed E-state index contributed by atoms with van der Waals surface area (Å²) in [5.41, 5.74) is -0.445. The van der Waals surface area contributed by atoms with Crippen LogP contribution in [-0.4, -0.2) is 90.3 Å². The van der Waals surface area contributed by atoms with Crippen LogP contribution in [-0.2, 0) is 29.1 Å². The normalized spacial score (nSPS) is 33.1. The quantitative estimate of drug-likeness (QED) is 0.203. The summed E-state index contributed by atoms with van der Waals surface area (Å²) < 4.78 is 60.0. The van der Waals surface area contributed by atoms with Crippen LogP contribution < -0.4 is 24.8 Å². The van der Waals surface area contributed by atoms with E-state index in [1.807, 2.05) is 31.2 Å². The number of pyridine rings is 1. The minimum absolute atomic E-state index is 0.0166. The molecule has 9 atom stereocenters. The number of halogens is 1. The number of hydrogen-bond donors (Lipinski definition) is 3. The lowest BCUT2D eigenvalue weighted by Crippen LogP contribution is -2.59. The topological polar surface area (TPSA) is 182 Å². The smallest absolute Gasteiger partial charge is 0.408 e. The Morgan fingerprint density at radius 1 is 0.969 bits per heavy atom. The highest BCUT2D eigenvalue weighted by atomic mass is 32.2. The number of alkyl carbamates (subject to hydrolysis) is 1. The predicted molar refractivity (Wildman–Crippen MR) is 236 cm³/mol. The van der Waals surface area contributed by atoms with Gasteiger partial charge in [0.2, 0.25) is 27.7 Å². The lowest BCUT2D eigenvalue weighted by atomic mass is 9.88. The maximum atomic E-state index is 15.1. The first-order valence-electron chi connectivity index (χ1n) is 22.7. The number of carbonyl (C=O) groups is 4. The van der Waals surface area contributed by atoms with Gasteiger partial charge >= 0.3 is 6.09 Å². The average molecular weight is 900 g/mol. The largest absolute Gasteiger partial charge is 0.497 e. The number of hydrogen-bond acceptors (Lipinski definition) is 10. The second-order valence-electron chi connectivity index (χ2n) is 19.7. The van der Waals surface area contributed by atoms with Crippen molar-refractivity contribution in [3.63, 3.8) is 0 Å². The molecule has 9 rings (SSSR count). The Kier molecular flexibility index (Phi) is 11.4. The Bertz CT molecular complexity index is 2490. The molecule has 4 amide bonds. The van der Waals surface area contributed by atoms with Crippen LogP contribution in [0.5, 0.6) is 11.6 Å². The van der Waals surface area contributed by atoms with Gasteiger partial charge in [0.05, 0.1) is 24.1 Å². The van der Waals surface area contributed by atoms with E-state index in [-0.39, 0.29) is 43.2 Å². The van der Waals surface area contributed by atoms with Gasteiger partial charge in [0.1, 0.15) is 41.4 Å². The van der Waals surface area contributed by atoms with Crippen molar-refractivity contribution in [2.24, 2.45) is 35.5 Å². The van der Waals surface area contributed by atoms with Gasteiger partial charge in [-0.05, 0) is 142 Å². The highest BCUT2D eigenvalue weighted by Gasteiger charge is 2.63. The average Bonchev–Trinajstić information content (AvgIpc) is 4.18. The maximum absolute atomic E-state index is 15.1. The first-order valence-corrected chi connectivity index (χ1v) is 24.2. The Morgan fingerprint density at radius 3 is 2.41 bits per heavy atom. The van der Waals surface area contributed by atoms with Crippen LogP contribution in [0, 0.1) is 41.3 Å². The van der Waals surface area contributed by atoms with Gasteiger partial charge in [0, 0.05) is 23.3 Å². The second-order valence-corrected chi connectivity index (χ2v) is 21.9. The number of nitrogens with one attached hydrogen (secondary N) is 3. The summed E-state index contributed by atoms with van der Waals surface area (Å²) in [4.78, 5) is 64.0. The minimum atomic E-state index is -4.04. The van der Waals surface area contributed by atoms with E-state index in [0.29, 0.717) is 65.8 Å². The van der Waals surface area contributed by atoms with Gasteiger partial charge in [0.25, 0.3) is 5.91 Å². The van der Waals surface area contributed by atoms with Crippen LogP contribution in [0.15, 0.2) is 60.7 Å². The predicted octanol–water partition coefficient (Wildman–Crippen LogP) is 6.42. The fourth-order valence-corrected chi connectivity index (χ4v) is 11.8. The highest BCUT2D eigenvalue weighted by Crippen LogP contribution is 2.58. The molecule has 0 radical (unpaired) electrons. The van der Waals surface area contributed by atoms with E-state index in [2.05, 4.69) is 29.2 Å². The molecule has 1 aromatic heterocycles. The molecule has 3 heterocycles. The molecule has 64 heavy (non-hydrogen) atoms. The van der Waals surface area contributed by atoms with Crippen LogP contribution in [0.2, 0.25) is 0 Å². The number of carbonyl (C=O) groups excluding carboxylic acids is 4. The number of fused-ring (bicyclic) bond motifs is 4. The van der Waals surface area contributed by atoms with Gasteiger partial charge in [-0.25, -0.2) is 22.6 Å². The summed E-state index contributed by atoms with van der Waals surface area (Å²) in [5, 5.41) is 7.21. The highest BCUT2D eigenvalue weighted by molar-refractivity contribution is 7.91. The molecule has 1 saturated heterocycles. The summed E-state index contributed by atoms with van der Waals surface area (Å²) in [6.07, 6.45) is 6.70. The molecule has 6 aliphatic rings. The first-order chi connectivity index (χ1) is 30.5. The number of rotatable bonds is 9. The van der Waals surface area contributed by atoms with Gasteiger partial charge in [-0.2, -0.15) is 0 Å². The fraction of sp³-hybridized carbons (Fsp3) is 0.562. The molecule has 3 N–H and O–H groups in total. The van der Waals surface area contributed by atoms with E-state index in [4.69, 9.17) is 19.2 Å². The first kappa shape index (κ1) is 44.0. The van der Waals surface area contributed by atoms with Gasteiger partial charge in [-0.3, -0.25) is 19.1 Å². The van der Waals surface area contributed by atoms with Crippen molar-refractivity contribution >= 4 is 44.6 Å².